The molecule has 26 heavy (non-hydrogen) atoms. The summed E-state index contributed by atoms with van der Waals surface area (Å²) in [6.45, 7) is 3.07. The van der Waals surface area contributed by atoms with Crippen LogP contribution in [-0.2, 0) is 16.1 Å². The molecule has 1 aromatic heterocycles. The van der Waals surface area contributed by atoms with Crippen molar-refractivity contribution in [3.05, 3.63) is 5.82 Å². The normalized spacial score (nSPS) is 18.6. The van der Waals surface area contributed by atoms with Gasteiger partial charge in [0.1, 0.15) is 0 Å². The molecule has 1 aliphatic heterocycles. The molecule has 8 heteroatoms. The average Bonchev–Trinajstić information content (AvgIpc) is 2.72. The number of rotatable bonds is 7. The summed E-state index contributed by atoms with van der Waals surface area (Å²) in [5, 5.41) is 2.93. The highest BCUT2D eigenvalue weighted by molar-refractivity contribution is 5.75. The lowest BCUT2D eigenvalue weighted by Gasteiger charge is -2.26. The number of amides is 1. The molecule has 1 saturated carbocycles. The largest absolute Gasteiger partial charge is 0.467 e. The summed E-state index contributed by atoms with van der Waals surface area (Å²) in [5.41, 5.74) is 0. The van der Waals surface area contributed by atoms with Crippen LogP contribution in [-0.4, -0.2) is 54.3 Å². The Labute approximate surface area is 154 Å². The summed E-state index contributed by atoms with van der Waals surface area (Å²) < 4.78 is 10.5. The number of aromatic nitrogens is 3. The van der Waals surface area contributed by atoms with E-state index in [9.17, 15) is 4.79 Å². The maximum Gasteiger partial charge on any atom is 0.321 e. The van der Waals surface area contributed by atoms with Gasteiger partial charge in [0.2, 0.25) is 11.9 Å². The second-order valence-corrected chi connectivity index (χ2v) is 6.96. The lowest BCUT2D eigenvalue weighted by molar-refractivity contribution is -0.121. The molecule has 2 aliphatic rings. The molecule has 2 heterocycles. The predicted molar refractivity (Wildman–Crippen MR) is 97.1 cm³/mol. The van der Waals surface area contributed by atoms with Gasteiger partial charge >= 0.3 is 6.01 Å². The SMILES string of the molecule is COc1nc(CNC(=O)CCC2CCCCC2)nc(N2CCOCC2)n1. The van der Waals surface area contributed by atoms with Crippen molar-refractivity contribution < 1.29 is 14.3 Å². The van der Waals surface area contributed by atoms with Crippen LogP contribution >= 0.6 is 0 Å². The third-order valence-electron chi connectivity index (χ3n) is 5.07. The number of carbonyl (C=O) groups is 1. The van der Waals surface area contributed by atoms with E-state index in [1.807, 2.05) is 4.90 Å². The molecule has 144 valence electrons. The summed E-state index contributed by atoms with van der Waals surface area (Å²) in [6.07, 6.45) is 8.04. The van der Waals surface area contributed by atoms with Crippen LogP contribution in [0.2, 0.25) is 0 Å². The Morgan fingerprint density at radius 3 is 2.69 bits per heavy atom. The molecule has 8 nitrogen and oxygen atoms in total. The Morgan fingerprint density at radius 1 is 1.19 bits per heavy atom. The van der Waals surface area contributed by atoms with Gasteiger partial charge in [-0.1, -0.05) is 32.1 Å². The van der Waals surface area contributed by atoms with Crippen LogP contribution in [0, 0.1) is 5.92 Å². The summed E-state index contributed by atoms with van der Waals surface area (Å²) in [4.78, 5) is 27.2. The average molecular weight is 363 g/mol. The Hall–Kier alpha value is -1.96. The van der Waals surface area contributed by atoms with E-state index < -0.39 is 0 Å². The fourth-order valence-electron chi connectivity index (χ4n) is 3.54. The Bertz CT molecular complexity index is 586. The minimum Gasteiger partial charge on any atom is -0.467 e. The fourth-order valence-corrected chi connectivity index (χ4v) is 3.54. The van der Waals surface area contributed by atoms with Crippen LogP contribution in [0.4, 0.5) is 5.95 Å². The Kier molecular flexibility index (Phi) is 6.99. The third-order valence-corrected chi connectivity index (χ3v) is 5.07. The highest BCUT2D eigenvalue weighted by Crippen LogP contribution is 2.27. The third kappa shape index (κ3) is 5.52. The van der Waals surface area contributed by atoms with E-state index in [2.05, 4.69) is 20.3 Å². The van der Waals surface area contributed by atoms with Gasteiger partial charge in [0.15, 0.2) is 5.82 Å². The smallest absolute Gasteiger partial charge is 0.321 e. The zero-order chi connectivity index (χ0) is 18.2. The standard InChI is InChI=1S/C18H29N5O3/c1-25-18-21-15(20-17(22-18)23-9-11-26-12-10-23)13-19-16(24)8-7-14-5-3-2-4-6-14/h14H,2-13H2,1H3,(H,19,24). The van der Waals surface area contributed by atoms with E-state index in [1.54, 1.807) is 0 Å². The number of hydrogen-bond donors (Lipinski definition) is 1. The molecule has 1 aliphatic carbocycles. The molecule has 0 aromatic carbocycles. The lowest BCUT2D eigenvalue weighted by Crippen LogP contribution is -2.37. The lowest BCUT2D eigenvalue weighted by atomic mass is 9.86. The van der Waals surface area contributed by atoms with E-state index in [1.165, 1.54) is 39.2 Å². The molecule has 2 fully saturated rings. The van der Waals surface area contributed by atoms with Gasteiger partial charge < -0.3 is 19.7 Å². The van der Waals surface area contributed by atoms with Crippen LogP contribution in [0.3, 0.4) is 0 Å². The molecule has 3 rings (SSSR count). The monoisotopic (exact) mass is 363 g/mol. The van der Waals surface area contributed by atoms with E-state index in [0.717, 1.165) is 19.5 Å². The minimum absolute atomic E-state index is 0.0582. The van der Waals surface area contributed by atoms with Crippen molar-refractivity contribution in [2.45, 2.75) is 51.5 Å². The number of carbonyl (C=O) groups excluding carboxylic acids is 1. The van der Waals surface area contributed by atoms with E-state index in [0.29, 0.717) is 43.9 Å². The number of methoxy groups -OCH3 is 1. The first-order valence-corrected chi connectivity index (χ1v) is 9.63. The van der Waals surface area contributed by atoms with Crippen LogP contribution in [0.1, 0.15) is 50.8 Å². The van der Waals surface area contributed by atoms with Gasteiger partial charge in [-0.2, -0.15) is 15.0 Å². The van der Waals surface area contributed by atoms with Gasteiger partial charge in [-0.15, -0.1) is 0 Å². The van der Waals surface area contributed by atoms with Crippen molar-refractivity contribution in [2.75, 3.05) is 38.3 Å². The summed E-state index contributed by atoms with van der Waals surface area (Å²) in [7, 11) is 1.53. The van der Waals surface area contributed by atoms with Crippen molar-refractivity contribution in [3.8, 4) is 6.01 Å². The quantitative estimate of drug-likeness (QED) is 0.788. The molecule has 0 radical (unpaired) electrons. The second kappa shape index (κ2) is 9.66. The maximum atomic E-state index is 12.2. The highest BCUT2D eigenvalue weighted by atomic mass is 16.5. The molecule has 1 aromatic rings. The summed E-state index contributed by atoms with van der Waals surface area (Å²) >= 11 is 0. The molecular formula is C18H29N5O3. The summed E-state index contributed by atoms with van der Waals surface area (Å²) in [6, 6.07) is 0.271. The fraction of sp³-hybridized carbons (Fsp3) is 0.778. The Balaban J connectivity index is 1.52. The first kappa shape index (κ1) is 18.8. The van der Waals surface area contributed by atoms with Crippen molar-refractivity contribution in [1.29, 1.82) is 0 Å². The summed E-state index contributed by atoms with van der Waals surface area (Å²) in [5.74, 6) is 1.86. The zero-order valence-corrected chi connectivity index (χ0v) is 15.6. The van der Waals surface area contributed by atoms with Crippen molar-refractivity contribution in [3.63, 3.8) is 0 Å². The van der Waals surface area contributed by atoms with Crippen molar-refractivity contribution in [2.24, 2.45) is 5.92 Å². The molecule has 0 spiro atoms. The number of morpholine rings is 1. The number of ether oxygens (including phenoxy) is 2. The number of nitrogens with one attached hydrogen (secondary N) is 1. The van der Waals surface area contributed by atoms with Gasteiger partial charge in [0.25, 0.3) is 0 Å². The van der Waals surface area contributed by atoms with Crippen LogP contribution < -0.4 is 15.0 Å². The van der Waals surface area contributed by atoms with Gasteiger partial charge in [-0.25, -0.2) is 0 Å². The molecule has 0 atom stereocenters. The van der Waals surface area contributed by atoms with E-state index >= 15 is 0 Å². The van der Waals surface area contributed by atoms with Crippen LogP contribution in [0.15, 0.2) is 0 Å². The second-order valence-electron chi connectivity index (χ2n) is 6.96. The number of anilines is 1. The number of nitrogens with zero attached hydrogens (tertiary/aromatic N) is 4. The van der Waals surface area contributed by atoms with Gasteiger partial charge in [-0.05, 0) is 12.3 Å². The van der Waals surface area contributed by atoms with Crippen molar-refractivity contribution in [1.82, 2.24) is 20.3 Å². The molecule has 0 bridgehead atoms. The van der Waals surface area contributed by atoms with Crippen LogP contribution in [0.5, 0.6) is 6.01 Å². The topological polar surface area (TPSA) is 89.5 Å². The molecule has 1 saturated heterocycles. The van der Waals surface area contributed by atoms with E-state index in [-0.39, 0.29) is 11.9 Å². The maximum absolute atomic E-state index is 12.2. The van der Waals surface area contributed by atoms with Crippen LogP contribution in [0.25, 0.3) is 0 Å². The first-order valence-electron chi connectivity index (χ1n) is 9.63. The number of hydrogen-bond acceptors (Lipinski definition) is 7. The highest BCUT2D eigenvalue weighted by Gasteiger charge is 2.18. The Morgan fingerprint density at radius 2 is 1.96 bits per heavy atom. The molecule has 1 N–H and O–H groups in total. The minimum atomic E-state index is 0.0582. The zero-order valence-electron chi connectivity index (χ0n) is 15.6. The first-order chi connectivity index (χ1) is 12.7. The van der Waals surface area contributed by atoms with E-state index in [4.69, 9.17) is 9.47 Å². The van der Waals surface area contributed by atoms with Gasteiger partial charge in [-0.3, -0.25) is 4.79 Å². The predicted octanol–water partition coefficient (Wildman–Crippen LogP) is 1.69. The van der Waals surface area contributed by atoms with Gasteiger partial charge in [0.05, 0.1) is 26.9 Å². The molecular weight excluding hydrogens is 334 g/mol. The van der Waals surface area contributed by atoms with Crippen molar-refractivity contribution >= 4 is 11.9 Å². The van der Waals surface area contributed by atoms with Gasteiger partial charge in [0, 0.05) is 19.5 Å². The molecule has 1 amide bonds. The molecule has 0 unspecified atom stereocenters.